The number of nitrogens with one attached hydrogen (secondary N) is 1. The SMILES string of the molecule is CC(C)CCOc1ccc(C(=O)Nc2cccc(OCc3ccccc3)c2)cc1Br. The van der Waals surface area contributed by atoms with Crippen molar-refractivity contribution >= 4 is 27.5 Å². The van der Waals surface area contributed by atoms with Crippen molar-refractivity contribution in [3.05, 3.63) is 88.4 Å². The topological polar surface area (TPSA) is 47.6 Å². The van der Waals surface area contributed by atoms with E-state index < -0.39 is 0 Å². The first kappa shape index (κ1) is 21.9. The fourth-order valence-electron chi connectivity index (χ4n) is 2.77. The molecule has 0 bridgehead atoms. The molecule has 0 heterocycles. The summed E-state index contributed by atoms with van der Waals surface area (Å²) in [5, 5.41) is 2.92. The Morgan fingerprint density at radius 1 is 0.967 bits per heavy atom. The van der Waals surface area contributed by atoms with Crippen LogP contribution in [0.2, 0.25) is 0 Å². The van der Waals surface area contributed by atoms with Crippen LogP contribution < -0.4 is 14.8 Å². The van der Waals surface area contributed by atoms with Gasteiger partial charge in [0.2, 0.25) is 0 Å². The Bertz CT molecular complexity index is 973. The van der Waals surface area contributed by atoms with Gasteiger partial charge in [0.05, 0.1) is 11.1 Å². The van der Waals surface area contributed by atoms with Crippen molar-refractivity contribution in [2.45, 2.75) is 26.9 Å². The zero-order valence-corrected chi connectivity index (χ0v) is 18.8. The number of amides is 1. The van der Waals surface area contributed by atoms with E-state index in [1.807, 2.05) is 60.7 Å². The zero-order chi connectivity index (χ0) is 21.3. The van der Waals surface area contributed by atoms with E-state index in [0.29, 0.717) is 36.1 Å². The summed E-state index contributed by atoms with van der Waals surface area (Å²) < 4.78 is 12.4. The smallest absolute Gasteiger partial charge is 0.255 e. The van der Waals surface area contributed by atoms with Crippen LogP contribution >= 0.6 is 15.9 Å². The molecule has 1 N–H and O–H groups in total. The molecule has 156 valence electrons. The summed E-state index contributed by atoms with van der Waals surface area (Å²) in [4.78, 5) is 12.7. The van der Waals surface area contributed by atoms with Crippen molar-refractivity contribution in [3.63, 3.8) is 0 Å². The average Bonchev–Trinajstić information content (AvgIpc) is 2.74. The van der Waals surface area contributed by atoms with Gasteiger partial charge >= 0.3 is 0 Å². The molecule has 0 aromatic heterocycles. The number of carbonyl (C=O) groups excluding carboxylic acids is 1. The van der Waals surface area contributed by atoms with Gasteiger partial charge in [0.15, 0.2) is 0 Å². The summed E-state index contributed by atoms with van der Waals surface area (Å²) in [6.07, 6.45) is 0.983. The summed E-state index contributed by atoms with van der Waals surface area (Å²) in [5.74, 6) is 1.83. The van der Waals surface area contributed by atoms with E-state index in [4.69, 9.17) is 9.47 Å². The van der Waals surface area contributed by atoms with Gasteiger partial charge in [-0.1, -0.05) is 50.2 Å². The molecular formula is C25H26BrNO3. The Morgan fingerprint density at radius 3 is 2.50 bits per heavy atom. The largest absolute Gasteiger partial charge is 0.492 e. The molecule has 30 heavy (non-hydrogen) atoms. The third kappa shape index (κ3) is 6.63. The van der Waals surface area contributed by atoms with Gasteiger partial charge in [-0.2, -0.15) is 0 Å². The van der Waals surface area contributed by atoms with Crippen molar-refractivity contribution in [3.8, 4) is 11.5 Å². The highest BCUT2D eigenvalue weighted by atomic mass is 79.9. The molecular weight excluding hydrogens is 442 g/mol. The highest BCUT2D eigenvalue weighted by Gasteiger charge is 2.10. The minimum Gasteiger partial charge on any atom is -0.492 e. The second kappa shape index (κ2) is 10.8. The quantitative estimate of drug-likeness (QED) is 0.380. The van der Waals surface area contributed by atoms with Gasteiger partial charge in [0, 0.05) is 17.3 Å². The Kier molecular flexibility index (Phi) is 7.91. The molecule has 3 rings (SSSR count). The lowest BCUT2D eigenvalue weighted by Crippen LogP contribution is -2.12. The van der Waals surface area contributed by atoms with E-state index in [1.165, 1.54) is 0 Å². The number of anilines is 1. The summed E-state index contributed by atoms with van der Waals surface area (Å²) in [5.41, 5.74) is 2.32. The van der Waals surface area contributed by atoms with Crippen LogP contribution in [0, 0.1) is 5.92 Å². The predicted octanol–water partition coefficient (Wildman–Crippen LogP) is 6.71. The number of hydrogen-bond donors (Lipinski definition) is 1. The maximum Gasteiger partial charge on any atom is 0.255 e. The van der Waals surface area contributed by atoms with Gasteiger partial charge in [-0.05, 0) is 64.2 Å². The fraction of sp³-hybridized carbons (Fsp3) is 0.240. The normalized spacial score (nSPS) is 10.7. The lowest BCUT2D eigenvalue weighted by Gasteiger charge is -2.12. The van der Waals surface area contributed by atoms with Crippen molar-refractivity contribution in [1.29, 1.82) is 0 Å². The number of rotatable bonds is 9. The van der Waals surface area contributed by atoms with E-state index in [9.17, 15) is 4.79 Å². The van der Waals surface area contributed by atoms with E-state index in [1.54, 1.807) is 12.1 Å². The molecule has 4 nitrogen and oxygen atoms in total. The van der Waals surface area contributed by atoms with Crippen LogP contribution in [0.5, 0.6) is 11.5 Å². The third-order valence-corrected chi connectivity index (χ3v) is 5.11. The number of benzene rings is 3. The number of carbonyl (C=O) groups is 1. The van der Waals surface area contributed by atoms with Crippen LogP contribution in [-0.2, 0) is 6.61 Å². The molecule has 3 aromatic rings. The molecule has 0 aliphatic carbocycles. The molecule has 3 aromatic carbocycles. The second-order valence-electron chi connectivity index (χ2n) is 7.43. The predicted molar refractivity (Wildman–Crippen MR) is 124 cm³/mol. The average molecular weight is 468 g/mol. The highest BCUT2D eigenvalue weighted by molar-refractivity contribution is 9.10. The van der Waals surface area contributed by atoms with Crippen LogP contribution in [0.1, 0.15) is 36.2 Å². The Hall–Kier alpha value is -2.79. The van der Waals surface area contributed by atoms with Crippen molar-refractivity contribution < 1.29 is 14.3 Å². The Morgan fingerprint density at radius 2 is 1.77 bits per heavy atom. The molecule has 0 saturated heterocycles. The second-order valence-corrected chi connectivity index (χ2v) is 8.29. The van der Waals surface area contributed by atoms with E-state index in [2.05, 4.69) is 35.1 Å². The highest BCUT2D eigenvalue weighted by Crippen LogP contribution is 2.27. The van der Waals surface area contributed by atoms with Crippen LogP contribution in [0.4, 0.5) is 5.69 Å². The molecule has 0 aliphatic heterocycles. The molecule has 0 aliphatic rings. The van der Waals surface area contributed by atoms with Gasteiger partial charge in [0.1, 0.15) is 18.1 Å². The lowest BCUT2D eigenvalue weighted by atomic mass is 10.1. The first-order valence-corrected chi connectivity index (χ1v) is 10.8. The van der Waals surface area contributed by atoms with Gasteiger partial charge < -0.3 is 14.8 Å². The van der Waals surface area contributed by atoms with Crippen molar-refractivity contribution in [2.75, 3.05) is 11.9 Å². The minimum absolute atomic E-state index is 0.190. The summed E-state index contributed by atoms with van der Waals surface area (Å²) >= 11 is 3.50. The van der Waals surface area contributed by atoms with E-state index in [0.717, 1.165) is 22.2 Å². The molecule has 0 saturated carbocycles. The number of ether oxygens (including phenoxy) is 2. The monoisotopic (exact) mass is 467 g/mol. The Labute approximate surface area is 186 Å². The van der Waals surface area contributed by atoms with Gasteiger partial charge in [-0.3, -0.25) is 4.79 Å². The maximum atomic E-state index is 12.7. The van der Waals surface area contributed by atoms with E-state index in [-0.39, 0.29) is 5.91 Å². The van der Waals surface area contributed by atoms with Gasteiger partial charge in [-0.15, -0.1) is 0 Å². The third-order valence-electron chi connectivity index (χ3n) is 4.49. The van der Waals surface area contributed by atoms with Crippen LogP contribution in [0.25, 0.3) is 0 Å². The Balaban J connectivity index is 1.59. The first-order chi connectivity index (χ1) is 14.5. The number of hydrogen-bond acceptors (Lipinski definition) is 3. The minimum atomic E-state index is -0.190. The molecule has 0 fully saturated rings. The van der Waals surface area contributed by atoms with Gasteiger partial charge in [-0.25, -0.2) is 0 Å². The summed E-state index contributed by atoms with van der Waals surface area (Å²) in [7, 11) is 0. The molecule has 0 radical (unpaired) electrons. The van der Waals surface area contributed by atoms with E-state index >= 15 is 0 Å². The first-order valence-electron chi connectivity index (χ1n) is 10.0. The summed E-state index contributed by atoms with van der Waals surface area (Å²) in [6, 6.07) is 22.7. The zero-order valence-electron chi connectivity index (χ0n) is 17.2. The molecule has 0 spiro atoms. The molecule has 0 unspecified atom stereocenters. The lowest BCUT2D eigenvalue weighted by molar-refractivity contribution is 0.102. The molecule has 1 amide bonds. The van der Waals surface area contributed by atoms with Crippen LogP contribution in [0.3, 0.4) is 0 Å². The summed E-state index contributed by atoms with van der Waals surface area (Å²) in [6.45, 7) is 5.45. The standard InChI is InChI=1S/C25H26BrNO3/c1-18(2)13-14-29-24-12-11-20(15-23(24)26)25(28)27-21-9-6-10-22(16-21)30-17-19-7-4-3-5-8-19/h3-12,15-16,18H,13-14,17H2,1-2H3,(H,27,28). The van der Waals surface area contributed by atoms with Crippen LogP contribution in [0.15, 0.2) is 77.3 Å². The molecule has 5 heteroatoms. The van der Waals surface area contributed by atoms with Crippen molar-refractivity contribution in [2.24, 2.45) is 5.92 Å². The molecule has 0 atom stereocenters. The maximum absolute atomic E-state index is 12.7. The fourth-order valence-corrected chi connectivity index (χ4v) is 3.26. The van der Waals surface area contributed by atoms with Crippen LogP contribution in [-0.4, -0.2) is 12.5 Å². The van der Waals surface area contributed by atoms with Gasteiger partial charge in [0.25, 0.3) is 5.91 Å². The van der Waals surface area contributed by atoms with Crippen molar-refractivity contribution in [1.82, 2.24) is 0 Å². The number of halogens is 1.